The highest BCUT2D eigenvalue weighted by atomic mass is 32.2. The summed E-state index contributed by atoms with van der Waals surface area (Å²) in [4.78, 5) is 23.5. The van der Waals surface area contributed by atoms with Gasteiger partial charge in [-0.2, -0.15) is 0 Å². The second-order valence-corrected chi connectivity index (χ2v) is 4.74. The highest BCUT2D eigenvalue weighted by Gasteiger charge is 2.04. The maximum absolute atomic E-state index is 11.0. The summed E-state index contributed by atoms with van der Waals surface area (Å²) in [5.74, 6) is -0.428. The molecular formula is C6H8N2O4S. The molecule has 0 unspecified atom stereocenters. The number of sulfone groups is 1. The minimum atomic E-state index is -3.27. The number of aromatic amines is 1. The Bertz CT molecular complexity index is 510. The molecule has 0 saturated carbocycles. The van der Waals surface area contributed by atoms with Crippen LogP contribution in [-0.4, -0.2) is 24.2 Å². The van der Waals surface area contributed by atoms with E-state index in [-0.39, 0.29) is 0 Å². The van der Waals surface area contributed by atoms with Crippen molar-refractivity contribution in [3.63, 3.8) is 0 Å². The normalized spacial score (nSPS) is 11.5. The maximum Gasteiger partial charge on any atom is 0.329 e. The summed E-state index contributed by atoms with van der Waals surface area (Å²) in [6.45, 7) is 0. The van der Waals surface area contributed by atoms with Gasteiger partial charge in [0.1, 0.15) is 5.88 Å². The van der Waals surface area contributed by atoms with E-state index in [1.165, 1.54) is 0 Å². The first-order chi connectivity index (χ1) is 5.88. The molecule has 1 aromatic rings. The van der Waals surface area contributed by atoms with Crippen LogP contribution in [0.3, 0.4) is 0 Å². The molecule has 1 rings (SSSR count). The van der Waals surface area contributed by atoms with Crippen LogP contribution < -0.4 is 11.2 Å². The lowest BCUT2D eigenvalue weighted by atomic mass is 10.6. The van der Waals surface area contributed by atoms with E-state index >= 15 is 0 Å². The van der Waals surface area contributed by atoms with E-state index in [9.17, 15) is 18.0 Å². The Balaban J connectivity index is 3.19. The van der Waals surface area contributed by atoms with E-state index in [0.29, 0.717) is 0 Å². The van der Waals surface area contributed by atoms with Crippen LogP contribution in [0.2, 0.25) is 0 Å². The number of nitrogens with one attached hydrogen (secondary N) is 1. The van der Waals surface area contributed by atoms with Crippen molar-refractivity contribution in [2.75, 3.05) is 6.26 Å². The molecule has 0 amide bonds. The fraction of sp³-hybridized carbons (Fsp3) is 0.333. The third kappa shape index (κ3) is 2.86. The van der Waals surface area contributed by atoms with Crippen molar-refractivity contribution in [2.24, 2.45) is 0 Å². The van der Waals surface area contributed by atoms with Gasteiger partial charge in [0.25, 0.3) is 5.56 Å². The molecule has 0 spiro atoms. The van der Waals surface area contributed by atoms with Crippen molar-refractivity contribution in [1.29, 1.82) is 0 Å². The molecule has 0 bridgehead atoms. The van der Waals surface area contributed by atoms with Gasteiger partial charge in [0.2, 0.25) is 0 Å². The van der Waals surface area contributed by atoms with Crippen molar-refractivity contribution in [3.8, 4) is 0 Å². The van der Waals surface area contributed by atoms with E-state index < -0.39 is 27.0 Å². The van der Waals surface area contributed by atoms with Gasteiger partial charge < -0.3 is 0 Å². The molecule has 72 valence electrons. The summed E-state index contributed by atoms with van der Waals surface area (Å²) in [5, 5.41) is 0. The third-order valence-corrected chi connectivity index (χ3v) is 2.02. The molecular weight excluding hydrogens is 196 g/mol. The Morgan fingerprint density at radius 1 is 1.46 bits per heavy atom. The molecule has 0 aliphatic carbocycles. The molecule has 0 fully saturated rings. The van der Waals surface area contributed by atoms with Crippen molar-refractivity contribution in [2.45, 2.75) is 5.88 Å². The molecule has 0 atom stereocenters. The topological polar surface area (TPSA) is 89.0 Å². The smallest absolute Gasteiger partial charge is 0.286 e. The Kier molecular flexibility index (Phi) is 2.37. The summed E-state index contributed by atoms with van der Waals surface area (Å²) >= 11 is 0. The Labute approximate surface area is 73.8 Å². The van der Waals surface area contributed by atoms with Gasteiger partial charge in [-0.25, -0.2) is 13.2 Å². The molecule has 0 aliphatic rings. The van der Waals surface area contributed by atoms with Crippen molar-refractivity contribution in [1.82, 2.24) is 9.55 Å². The minimum absolute atomic E-state index is 0.428. The van der Waals surface area contributed by atoms with E-state index in [0.717, 1.165) is 23.1 Å². The Hall–Kier alpha value is -1.37. The molecule has 0 aliphatic heterocycles. The molecule has 6 nitrogen and oxygen atoms in total. The zero-order valence-electron chi connectivity index (χ0n) is 6.85. The van der Waals surface area contributed by atoms with Crippen LogP contribution in [0.25, 0.3) is 0 Å². The van der Waals surface area contributed by atoms with Gasteiger partial charge in [0, 0.05) is 18.5 Å². The van der Waals surface area contributed by atoms with Gasteiger partial charge in [-0.3, -0.25) is 14.3 Å². The summed E-state index contributed by atoms with van der Waals surface area (Å²) in [6, 6.07) is 1.09. The average molecular weight is 204 g/mol. The molecule has 1 aromatic heterocycles. The fourth-order valence-electron chi connectivity index (χ4n) is 0.799. The summed E-state index contributed by atoms with van der Waals surface area (Å²) in [7, 11) is -3.27. The molecule has 1 N–H and O–H groups in total. The van der Waals surface area contributed by atoms with Gasteiger partial charge >= 0.3 is 5.69 Å². The number of rotatable bonds is 2. The Morgan fingerprint density at radius 3 is 2.54 bits per heavy atom. The van der Waals surface area contributed by atoms with Crippen molar-refractivity contribution < 1.29 is 8.42 Å². The highest BCUT2D eigenvalue weighted by molar-refractivity contribution is 7.89. The molecule has 0 radical (unpaired) electrons. The zero-order valence-corrected chi connectivity index (χ0v) is 7.67. The number of H-pyrrole nitrogens is 1. The van der Waals surface area contributed by atoms with Crippen molar-refractivity contribution in [3.05, 3.63) is 33.1 Å². The lowest BCUT2D eigenvalue weighted by Gasteiger charge is -2.00. The monoisotopic (exact) mass is 204 g/mol. The van der Waals surface area contributed by atoms with Crippen molar-refractivity contribution >= 4 is 9.84 Å². The first kappa shape index (κ1) is 9.72. The molecule has 1 heterocycles. The van der Waals surface area contributed by atoms with Gasteiger partial charge in [0.05, 0.1) is 0 Å². The van der Waals surface area contributed by atoms with Gasteiger partial charge in [-0.15, -0.1) is 0 Å². The Morgan fingerprint density at radius 2 is 2.08 bits per heavy atom. The van der Waals surface area contributed by atoms with E-state index in [2.05, 4.69) is 0 Å². The minimum Gasteiger partial charge on any atom is -0.286 e. The predicted molar refractivity (Wildman–Crippen MR) is 46.2 cm³/mol. The number of hydrogen-bond donors (Lipinski definition) is 1. The van der Waals surface area contributed by atoms with Crippen LogP contribution in [0.15, 0.2) is 21.9 Å². The average Bonchev–Trinajstić information content (AvgIpc) is 1.93. The van der Waals surface area contributed by atoms with Gasteiger partial charge in [-0.1, -0.05) is 0 Å². The second-order valence-electron chi connectivity index (χ2n) is 2.63. The maximum atomic E-state index is 11.0. The lowest BCUT2D eigenvalue weighted by molar-refractivity contribution is 0.586. The summed E-state index contributed by atoms with van der Waals surface area (Å²) in [6.07, 6.45) is 2.15. The van der Waals surface area contributed by atoms with Gasteiger partial charge in [-0.05, 0) is 0 Å². The third-order valence-electron chi connectivity index (χ3n) is 1.27. The van der Waals surface area contributed by atoms with E-state index in [1.54, 1.807) is 0 Å². The standard InChI is InChI=1S/C6H8N2O4S/c1-13(11,12)4-8-3-2-5(9)7-6(8)10/h2-3H,4H2,1H3,(H,7,9,10). The number of hydrogen-bond acceptors (Lipinski definition) is 4. The first-order valence-electron chi connectivity index (χ1n) is 3.36. The van der Waals surface area contributed by atoms with Crippen LogP contribution in [0.5, 0.6) is 0 Å². The largest absolute Gasteiger partial charge is 0.329 e. The fourth-order valence-corrected chi connectivity index (χ4v) is 1.51. The quantitative estimate of drug-likeness (QED) is 0.637. The molecule has 0 aromatic carbocycles. The molecule has 7 heteroatoms. The molecule has 0 saturated heterocycles. The molecule has 13 heavy (non-hydrogen) atoms. The first-order valence-corrected chi connectivity index (χ1v) is 5.42. The zero-order chi connectivity index (χ0) is 10.1. The SMILES string of the molecule is CS(=O)(=O)Cn1ccc(=O)[nH]c1=O. The predicted octanol–water partition coefficient (Wildman–Crippen LogP) is -1.46. The second kappa shape index (κ2) is 3.17. The van der Waals surface area contributed by atoms with Crippen LogP contribution >= 0.6 is 0 Å². The van der Waals surface area contributed by atoms with E-state index in [1.807, 2.05) is 4.98 Å². The number of aromatic nitrogens is 2. The van der Waals surface area contributed by atoms with Crippen LogP contribution in [0, 0.1) is 0 Å². The van der Waals surface area contributed by atoms with Crippen LogP contribution in [-0.2, 0) is 15.7 Å². The number of nitrogens with zero attached hydrogens (tertiary/aromatic N) is 1. The van der Waals surface area contributed by atoms with Gasteiger partial charge in [0.15, 0.2) is 9.84 Å². The van der Waals surface area contributed by atoms with E-state index in [4.69, 9.17) is 0 Å². The lowest BCUT2D eigenvalue weighted by Crippen LogP contribution is -2.30. The summed E-state index contributed by atoms with van der Waals surface area (Å²) in [5.41, 5.74) is -1.27. The van der Waals surface area contributed by atoms with Crippen LogP contribution in [0.1, 0.15) is 0 Å². The summed E-state index contributed by atoms with van der Waals surface area (Å²) < 4.78 is 22.5. The van der Waals surface area contributed by atoms with Crippen LogP contribution in [0.4, 0.5) is 0 Å². The highest BCUT2D eigenvalue weighted by Crippen LogP contribution is 1.86.